The molecular formula is C9H11NO. The van der Waals surface area contributed by atoms with Crippen molar-refractivity contribution in [3.05, 3.63) is 29.8 Å². The monoisotopic (exact) mass is 150 g/mol. The van der Waals surface area contributed by atoms with Crippen molar-refractivity contribution in [3.8, 4) is 0 Å². The van der Waals surface area contributed by atoms with Crippen molar-refractivity contribution in [3.63, 3.8) is 0 Å². The minimum atomic E-state index is 0.274. The molecule has 0 amide bonds. The number of rotatable bonds is 2. The Morgan fingerprint density at radius 2 is 2.18 bits per heavy atom. The maximum Gasteiger partial charge on any atom is 0.150 e. The first-order chi connectivity index (χ1) is 5.65. The Hall–Kier alpha value is -1.31. The van der Waals surface area contributed by atoms with Crippen LogP contribution < -0.4 is 4.90 Å². The van der Waals surface area contributed by atoms with E-state index >= 15 is 0 Å². The molecule has 0 N–H and O–H groups in total. The first-order valence-electron chi connectivity index (χ1n) is 3.88. The van der Waals surface area contributed by atoms with Crippen molar-refractivity contribution in [2.45, 2.75) is 0 Å². The van der Waals surface area contributed by atoms with Crippen LogP contribution >= 0.6 is 0 Å². The van der Waals surface area contributed by atoms with Gasteiger partial charge in [-0.2, -0.15) is 0 Å². The smallest absolute Gasteiger partial charge is 0.150 e. The molecule has 0 saturated carbocycles. The predicted molar refractivity (Wildman–Crippen MR) is 46.2 cm³/mol. The lowest BCUT2D eigenvalue weighted by Gasteiger charge is -2.11. The molecule has 1 aromatic carbocycles. The van der Waals surface area contributed by atoms with E-state index in [0.717, 1.165) is 5.69 Å². The molecule has 0 heterocycles. The van der Waals surface area contributed by atoms with Gasteiger partial charge in [0.05, 0.1) is 1.37 Å². The number of nitrogens with zero attached hydrogens (tertiary/aromatic N) is 1. The van der Waals surface area contributed by atoms with E-state index in [9.17, 15) is 4.79 Å². The highest BCUT2D eigenvalue weighted by Crippen LogP contribution is 2.10. The normalized spacial score (nSPS) is 10.5. The third-order valence-corrected chi connectivity index (χ3v) is 1.46. The van der Waals surface area contributed by atoms with Gasteiger partial charge in [-0.3, -0.25) is 4.79 Å². The van der Waals surface area contributed by atoms with E-state index in [1.165, 1.54) is 0 Å². The quantitative estimate of drug-likeness (QED) is 0.596. The second-order valence-electron chi connectivity index (χ2n) is 2.51. The molecule has 0 fully saturated rings. The van der Waals surface area contributed by atoms with Gasteiger partial charge in [0.1, 0.15) is 6.29 Å². The summed E-state index contributed by atoms with van der Waals surface area (Å²) in [6.45, 7) is 0. The average Bonchev–Trinajstić information content (AvgIpc) is 2.04. The molecule has 0 spiro atoms. The molecule has 11 heavy (non-hydrogen) atoms. The molecular weight excluding hydrogens is 138 g/mol. The zero-order valence-electron chi connectivity index (χ0n) is 7.66. The number of carbonyl (C=O) groups excluding carboxylic acids is 1. The van der Waals surface area contributed by atoms with Crippen LogP contribution in [0.25, 0.3) is 0 Å². The molecule has 2 nitrogen and oxygen atoms in total. The summed E-state index contributed by atoms with van der Waals surface area (Å²) in [5.41, 5.74) is 1.37. The highest BCUT2D eigenvalue weighted by Gasteiger charge is 1.93. The molecule has 1 rings (SSSR count). The summed E-state index contributed by atoms with van der Waals surface area (Å²) in [4.78, 5) is 12.3. The topological polar surface area (TPSA) is 20.3 Å². The van der Waals surface area contributed by atoms with Gasteiger partial charge in [-0.25, -0.2) is 0 Å². The number of anilines is 1. The van der Waals surface area contributed by atoms with E-state index in [4.69, 9.17) is 1.37 Å². The average molecular weight is 150 g/mol. The van der Waals surface area contributed by atoms with Gasteiger partial charge in [-0.05, 0) is 24.2 Å². The standard InChI is InChI=1S/C9H11NO/c1-10(2)9-5-3-8(7-11)4-6-9/h3-7H,1-2H3/i3D. The molecule has 0 atom stereocenters. The minimum absolute atomic E-state index is 0.274. The molecule has 0 aliphatic carbocycles. The van der Waals surface area contributed by atoms with Crippen LogP contribution in [0.4, 0.5) is 5.69 Å². The molecule has 0 bridgehead atoms. The van der Waals surface area contributed by atoms with Crippen LogP contribution in [-0.4, -0.2) is 20.4 Å². The molecule has 0 unspecified atom stereocenters. The van der Waals surface area contributed by atoms with Crippen molar-refractivity contribution in [1.29, 1.82) is 0 Å². The fourth-order valence-corrected chi connectivity index (χ4v) is 0.780. The number of benzene rings is 1. The van der Waals surface area contributed by atoms with Crippen LogP contribution in [-0.2, 0) is 0 Å². The molecule has 0 radical (unpaired) electrons. The Kier molecular flexibility index (Phi) is 1.86. The van der Waals surface area contributed by atoms with Crippen molar-refractivity contribution in [2.75, 3.05) is 19.0 Å². The van der Waals surface area contributed by atoms with Crippen molar-refractivity contribution < 1.29 is 6.17 Å². The lowest BCUT2D eigenvalue weighted by molar-refractivity contribution is 0.112. The van der Waals surface area contributed by atoms with E-state index in [-0.39, 0.29) is 6.04 Å². The number of aldehydes is 1. The largest absolute Gasteiger partial charge is 0.378 e. The molecule has 0 aliphatic heterocycles. The van der Waals surface area contributed by atoms with Crippen LogP contribution in [0.2, 0.25) is 0 Å². The lowest BCUT2D eigenvalue weighted by Crippen LogP contribution is -2.08. The predicted octanol–water partition coefficient (Wildman–Crippen LogP) is 1.57. The van der Waals surface area contributed by atoms with Crippen molar-refractivity contribution in [1.82, 2.24) is 0 Å². The Morgan fingerprint density at radius 1 is 1.45 bits per heavy atom. The maximum absolute atomic E-state index is 10.4. The second kappa shape index (κ2) is 3.19. The van der Waals surface area contributed by atoms with Crippen LogP contribution in [0.1, 0.15) is 11.7 Å². The van der Waals surface area contributed by atoms with Gasteiger partial charge in [-0.15, -0.1) is 0 Å². The SMILES string of the molecule is [2H]c1cc(N(C)C)ccc1C=O. The molecule has 0 aromatic heterocycles. The van der Waals surface area contributed by atoms with Gasteiger partial charge in [0.15, 0.2) is 0 Å². The summed E-state index contributed by atoms with van der Waals surface area (Å²) in [6, 6.07) is 5.42. The summed E-state index contributed by atoms with van der Waals surface area (Å²) in [7, 11) is 3.80. The Bertz CT molecular complexity index is 297. The fourth-order valence-electron chi connectivity index (χ4n) is 0.780. The van der Waals surface area contributed by atoms with Crippen LogP contribution in [0.5, 0.6) is 0 Å². The van der Waals surface area contributed by atoms with Gasteiger partial charge >= 0.3 is 0 Å². The molecule has 0 aliphatic rings. The van der Waals surface area contributed by atoms with Crippen molar-refractivity contribution >= 4 is 12.0 Å². The van der Waals surface area contributed by atoms with Gasteiger partial charge in [-0.1, -0.05) is 0 Å². The van der Waals surface area contributed by atoms with Gasteiger partial charge in [0, 0.05) is 25.3 Å². The van der Waals surface area contributed by atoms with Gasteiger partial charge < -0.3 is 4.90 Å². The second-order valence-corrected chi connectivity index (χ2v) is 2.51. The summed E-state index contributed by atoms with van der Waals surface area (Å²) in [5, 5.41) is 0. The number of hydrogen-bond donors (Lipinski definition) is 0. The van der Waals surface area contributed by atoms with Crippen LogP contribution in [0.15, 0.2) is 24.2 Å². The summed E-state index contributed by atoms with van der Waals surface area (Å²) in [6.07, 6.45) is 0.696. The summed E-state index contributed by atoms with van der Waals surface area (Å²) < 4.78 is 7.45. The van der Waals surface area contributed by atoms with E-state index in [1.54, 1.807) is 12.1 Å². The first-order valence-corrected chi connectivity index (χ1v) is 3.38. The van der Waals surface area contributed by atoms with Crippen LogP contribution in [0.3, 0.4) is 0 Å². The van der Waals surface area contributed by atoms with Gasteiger partial charge in [0.2, 0.25) is 0 Å². The van der Waals surface area contributed by atoms with Crippen molar-refractivity contribution in [2.24, 2.45) is 0 Å². The number of hydrogen-bond acceptors (Lipinski definition) is 2. The molecule has 58 valence electrons. The molecule has 1 aromatic rings. The van der Waals surface area contributed by atoms with E-state index < -0.39 is 0 Å². The minimum Gasteiger partial charge on any atom is -0.378 e. The molecule has 0 saturated heterocycles. The summed E-state index contributed by atoms with van der Waals surface area (Å²) in [5.74, 6) is 0. The van der Waals surface area contributed by atoms with E-state index in [2.05, 4.69) is 0 Å². The Balaban J connectivity index is 3.10. The Labute approximate surface area is 67.9 Å². The zero-order valence-corrected chi connectivity index (χ0v) is 6.66. The van der Waals surface area contributed by atoms with Crippen LogP contribution in [0, 0.1) is 0 Å². The lowest BCUT2D eigenvalue weighted by atomic mass is 10.2. The molecule has 2 heteroatoms. The van der Waals surface area contributed by atoms with E-state index in [0.29, 0.717) is 11.8 Å². The number of carbonyl (C=O) groups is 1. The van der Waals surface area contributed by atoms with Gasteiger partial charge in [0.25, 0.3) is 0 Å². The highest BCUT2D eigenvalue weighted by molar-refractivity contribution is 5.75. The highest BCUT2D eigenvalue weighted by atomic mass is 16.1. The summed E-state index contributed by atoms with van der Waals surface area (Å²) >= 11 is 0. The zero-order chi connectivity index (χ0) is 9.14. The maximum atomic E-state index is 10.4. The third-order valence-electron chi connectivity index (χ3n) is 1.46. The van der Waals surface area contributed by atoms with E-state index in [1.807, 2.05) is 25.1 Å². The fraction of sp³-hybridized carbons (Fsp3) is 0.222. The Morgan fingerprint density at radius 3 is 2.64 bits per heavy atom. The third kappa shape index (κ3) is 1.80. The first kappa shape index (κ1) is 6.40.